The number of ether oxygens (including phenoxy) is 6. The number of hydrogen-bond donors (Lipinski definition) is 0. The average Bonchev–Trinajstić information content (AvgIpc) is 0.724. The number of aryl methyl sites for hydroxylation is 6. The van der Waals surface area contributed by atoms with E-state index in [9.17, 15) is 0 Å². The van der Waals surface area contributed by atoms with E-state index >= 15 is 28.8 Å². The average molecular weight is 1720 g/mol. The van der Waals surface area contributed by atoms with Crippen LogP contribution < -0.4 is 28.4 Å². The fourth-order valence-electron chi connectivity index (χ4n) is 17.1. The second-order valence-corrected chi connectivity index (χ2v) is 35.9. The van der Waals surface area contributed by atoms with Gasteiger partial charge in [-0.05, 0) is 183 Å². The predicted molar refractivity (Wildman–Crippen MR) is 520 cm³/mol. The minimum atomic E-state index is -1.36. The van der Waals surface area contributed by atoms with Gasteiger partial charge >= 0.3 is 35.8 Å². The van der Waals surface area contributed by atoms with Gasteiger partial charge in [-0.1, -0.05) is 423 Å². The number of carbonyl (C=O) groups is 6. The van der Waals surface area contributed by atoms with Gasteiger partial charge in [0, 0.05) is 0 Å². The van der Waals surface area contributed by atoms with Crippen molar-refractivity contribution in [3.8, 4) is 34.5 Å². The molecule has 0 saturated heterocycles. The van der Waals surface area contributed by atoms with E-state index in [1.807, 2.05) is 72.8 Å². The molecule has 12 heteroatoms. The van der Waals surface area contributed by atoms with Crippen LogP contribution in [0.25, 0.3) is 0 Å². The van der Waals surface area contributed by atoms with Crippen molar-refractivity contribution >= 4 is 35.8 Å². The summed E-state index contributed by atoms with van der Waals surface area (Å²) in [5, 5.41) is 0. The van der Waals surface area contributed by atoms with Gasteiger partial charge in [0.25, 0.3) is 0 Å². The number of hydrogen-bond acceptors (Lipinski definition) is 12. The standard InChI is InChI=1S/C114H162O12/c1-7-13-19-25-31-37-43-49-55-61-91-67-79-97(80-68-91)121-109(115)103-104(110(116)122-98-81-69-92(70-82-98)62-56-50-44-38-32-26-20-14-8-2)106(112(118)124-100-85-73-94(74-86-100)64-58-52-46-40-34-28-22-16-10-4)108(114(120)126-102-89-77-96(78-90-102)66-60-54-48-42-36-30-24-18-12-6)107(113(119)125-101-87-75-95(76-88-101)65-59-53-47-41-35-29-23-17-11-5)105(103)111(117)123-99-83-71-93(72-84-99)63-57-51-45-39-33-27-21-15-9-3/h67-90H,7-66H2,1-6H3. The molecule has 12 nitrogen and oxygen atoms in total. The van der Waals surface area contributed by atoms with Crippen molar-refractivity contribution in [1.29, 1.82) is 0 Å². The zero-order valence-electron chi connectivity index (χ0n) is 79.2. The SMILES string of the molecule is CCCCCCCCCCCc1ccc(OC(=O)c2c(C(=O)Oc3ccc(CCCCCCCCCCC)cc3)c(C(=O)Oc3ccc(CCCCCCCCCCC)cc3)c(C(=O)Oc3ccc(CCCCCCCCCCC)cc3)c(C(=O)Oc3ccc(CCCCCCCCCCC)cc3)c2C(=O)Oc2ccc(CCCCCCCCCCC)cc2)cc1. The topological polar surface area (TPSA) is 158 Å². The maximum atomic E-state index is 16.4. The first-order valence-corrected chi connectivity index (χ1v) is 51.0. The van der Waals surface area contributed by atoms with E-state index in [4.69, 9.17) is 28.4 Å². The van der Waals surface area contributed by atoms with Crippen molar-refractivity contribution in [1.82, 2.24) is 0 Å². The van der Waals surface area contributed by atoms with Gasteiger partial charge < -0.3 is 28.4 Å². The van der Waals surface area contributed by atoms with Crippen LogP contribution >= 0.6 is 0 Å². The smallest absolute Gasteiger partial charge is 0.345 e. The molecule has 0 aliphatic rings. The molecule has 0 saturated carbocycles. The zero-order chi connectivity index (χ0) is 89.5. The van der Waals surface area contributed by atoms with E-state index in [-0.39, 0.29) is 34.5 Å². The number of esters is 6. The predicted octanol–water partition coefficient (Wildman–Crippen LogP) is 33.4. The van der Waals surface area contributed by atoms with Crippen LogP contribution in [0.5, 0.6) is 34.5 Å². The molecule has 0 amide bonds. The van der Waals surface area contributed by atoms with Crippen LogP contribution in [0.4, 0.5) is 0 Å². The lowest BCUT2D eigenvalue weighted by Gasteiger charge is -2.22. The second kappa shape index (κ2) is 65.8. The molecule has 0 heterocycles. The number of rotatable bonds is 72. The molecule has 0 aromatic heterocycles. The Hall–Kier alpha value is -8.64. The van der Waals surface area contributed by atoms with Crippen molar-refractivity contribution in [2.24, 2.45) is 0 Å². The maximum absolute atomic E-state index is 16.4. The summed E-state index contributed by atoms with van der Waals surface area (Å²) >= 11 is 0. The summed E-state index contributed by atoms with van der Waals surface area (Å²) in [7, 11) is 0. The summed E-state index contributed by atoms with van der Waals surface area (Å²) in [5.41, 5.74) is 0.504. The number of benzene rings is 7. The van der Waals surface area contributed by atoms with Gasteiger partial charge in [-0.25, -0.2) is 28.8 Å². The highest BCUT2D eigenvalue weighted by Gasteiger charge is 2.45. The Kier molecular flexibility index (Phi) is 54.6. The monoisotopic (exact) mass is 1720 g/mol. The van der Waals surface area contributed by atoms with Gasteiger partial charge in [0.2, 0.25) is 0 Å². The van der Waals surface area contributed by atoms with Crippen LogP contribution in [0.3, 0.4) is 0 Å². The summed E-state index contributed by atoms with van der Waals surface area (Å²) in [4.78, 5) is 98.4. The molecular formula is C114H162O12. The normalized spacial score (nSPS) is 11.3. The molecular weight excluding hydrogens is 1560 g/mol. The van der Waals surface area contributed by atoms with Crippen LogP contribution in [0, 0.1) is 0 Å². The molecule has 7 rings (SSSR count). The quantitative estimate of drug-likeness (QED) is 0.0202. The van der Waals surface area contributed by atoms with E-state index in [0.29, 0.717) is 0 Å². The third kappa shape index (κ3) is 42.1. The molecule has 0 N–H and O–H groups in total. The highest BCUT2D eigenvalue weighted by molar-refractivity contribution is 6.25. The van der Waals surface area contributed by atoms with Gasteiger partial charge in [0.1, 0.15) is 34.5 Å². The van der Waals surface area contributed by atoms with Crippen LogP contribution in [0.2, 0.25) is 0 Å². The lowest BCUT2D eigenvalue weighted by Crippen LogP contribution is -2.34. The van der Waals surface area contributed by atoms with Gasteiger partial charge in [-0.3, -0.25) is 0 Å². The van der Waals surface area contributed by atoms with Crippen LogP contribution in [-0.2, 0) is 38.5 Å². The minimum Gasteiger partial charge on any atom is -0.423 e. The van der Waals surface area contributed by atoms with E-state index in [1.165, 1.54) is 231 Å². The minimum absolute atomic E-state index is 0.0163. The largest absolute Gasteiger partial charge is 0.423 e. The third-order valence-electron chi connectivity index (χ3n) is 24.9. The summed E-state index contributed by atoms with van der Waals surface area (Å²) in [6.45, 7) is 13.4. The highest BCUT2D eigenvalue weighted by Crippen LogP contribution is 2.37. The van der Waals surface area contributed by atoms with E-state index in [0.717, 1.165) is 187 Å². The molecule has 0 unspecified atom stereocenters. The molecule has 0 aliphatic carbocycles. The lowest BCUT2D eigenvalue weighted by molar-refractivity contribution is 0.0635. The number of carbonyl (C=O) groups excluding carboxylic acids is 6. The molecule has 0 spiro atoms. The van der Waals surface area contributed by atoms with Crippen molar-refractivity contribution in [3.63, 3.8) is 0 Å². The first-order valence-electron chi connectivity index (χ1n) is 51.0. The molecule has 0 bridgehead atoms. The summed E-state index contributed by atoms with van der Waals surface area (Å²) in [5.74, 6) is -8.07. The van der Waals surface area contributed by atoms with Crippen molar-refractivity contribution in [3.05, 3.63) is 212 Å². The summed E-state index contributed by atoms with van der Waals surface area (Å²) < 4.78 is 38.5. The molecule has 690 valence electrons. The first-order chi connectivity index (χ1) is 61.9. The summed E-state index contributed by atoms with van der Waals surface area (Å²) in [6, 6.07) is 42.1. The molecule has 0 fully saturated rings. The Morgan fingerprint density at radius 1 is 0.143 bits per heavy atom. The van der Waals surface area contributed by atoms with E-state index in [1.54, 1.807) is 72.8 Å². The van der Waals surface area contributed by atoms with E-state index in [2.05, 4.69) is 41.5 Å². The van der Waals surface area contributed by atoms with Crippen LogP contribution in [-0.4, -0.2) is 35.8 Å². The lowest BCUT2D eigenvalue weighted by atomic mass is 9.85. The first kappa shape index (κ1) is 104. The van der Waals surface area contributed by atoms with E-state index < -0.39 is 69.2 Å². The Balaban J connectivity index is 1.41. The molecule has 126 heavy (non-hydrogen) atoms. The fourth-order valence-corrected chi connectivity index (χ4v) is 17.1. The van der Waals surface area contributed by atoms with Crippen molar-refractivity contribution in [2.45, 2.75) is 427 Å². The fraction of sp³-hybridized carbons (Fsp3) is 0.579. The molecule has 7 aromatic carbocycles. The van der Waals surface area contributed by atoms with Crippen LogP contribution in [0.15, 0.2) is 146 Å². The maximum Gasteiger partial charge on any atom is 0.345 e. The summed E-state index contributed by atoms with van der Waals surface area (Å²) in [6.07, 6.45) is 68.1. The third-order valence-corrected chi connectivity index (χ3v) is 24.9. The van der Waals surface area contributed by atoms with Gasteiger partial charge in [0.15, 0.2) is 0 Å². The molecule has 0 aliphatic heterocycles. The Labute approximate surface area is 762 Å². The second-order valence-electron chi connectivity index (χ2n) is 35.9. The zero-order valence-corrected chi connectivity index (χ0v) is 79.2. The molecule has 0 radical (unpaired) electrons. The Bertz CT molecular complexity index is 3390. The van der Waals surface area contributed by atoms with Crippen molar-refractivity contribution < 1.29 is 57.2 Å². The Morgan fingerprint density at radius 2 is 0.238 bits per heavy atom. The van der Waals surface area contributed by atoms with Crippen molar-refractivity contribution in [2.75, 3.05) is 0 Å². The van der Waals surface area contributed by atoms with Crippen LogP contribution in [0.1, 0.15) is 484 Å². The van der Waals surface area contributed by atoms with Gasteiger partial charge in [0.05, 0.1) is 33.4 Å². The Morgan fingerprint density at radius 3 is 0.341 bits per heavy atom. The molecule has 0 atom stereocenters. The molecule has 7 aromatic rings. The number of unbranched alkanes of at least 4 members (excludes halogenated alkanes) is 48. The van der Waals surface area contributed by atoms with Gasteiger partial charge in [-0.15, -0.1) is 0 Å². The highest BCUT2D eigenvalue weighted by atomic mass is 16.6. The van der Waals surface area contributed by atoms with Gasteiger partial charge in [-0.2, -0.15) is 0 Å².